The molecular formula is C12H14ClN3O3S. The van der Waals surface area contributed by atoms with Gasteiger partial charge in [0.2, 0.25) is 10.0 Å². The average Bonchev–Trinajstić information content (AvgIpc) is 2.83. The largest absolute Gasteiger partial charge is 0.390 e. The van der Waals surface area contributed by atoms with Crippen LogP contribution in [0.3, 0.4) is 0 Å². The number of benzene rings is 1. The summed E-state index contributed by atoms with van der Waals surface area (Å²) < 4.78 is 26.1. The topological polar surface area (TPSA) is 93.4 Å². The minimum Gasteiger partial charge on any atom is -0.390 e. The molecule has 1 heterocycles. The van der Waals surface area contributed by atoms with Crippen molar-refractivity contribution in [2.75, 3.05) is 20.1 Å². The molecule has 1 aliphatic rings. The maximum atomic E-state index is 12.5. The Morgan fingerprint density at radius 3 is 2.70 bits per heavy atom. The third kappa shape index (κ3) is 2.66. The predicted molar refractivity (Wildman–Crippen MR) is 73.8 cm³/mol. The van der Waals surface area contributed by atoms with E-state index in [1.807, 2.05) is 6.07 Å². The molecule has 0 saturated carbocycles. The minimum absolute atomic E-state index is 0.00287. The maximum absolute atomic E-state index is 12.5. The van der Waals surface area contributed by atoms with Crippen molar-refractivity contribution in [1.82, 2.24) is 9.62 Å². The fraction of sp³-hybridized carbons (Fsp3) is 0.417. The van der Waals surface area contributed by atoms with Crippen LogP contribution < -0.4 is 5.32 Å². The Morgan fingerprint density at radius 1 is 1.50 bits per heavy atom. The Morgan fingerprint density at radius 2 is 2.20 bits per heavy atom. The number of nitriles is 1. The van der Waals surface area contributed by atoms with Crippen LogP contribution in [-0.4, -0.2) is 50.1 Å². The molecule has 6 nitrogen and oxygen atoms in total. The molecule has 0 unspecified atom stereocenters. The van der Waals surface area contributed by atoms with Gasteiger partial charge < -0.3 is 10.4 Å². The summed E-state index contributed by atoms with van der Waals surface area (Å²) in [5.74, 6) is 0. The van der Waals surface area contributed by atoms with Crippen molar-refractivity contribution >= 4 is 21.6 Å². The van der Waals surface area contributed by atoms with E-state index in [0.29, 0.717) is 13.1 Å². The fourth-order valence-electron chi connectivity index (χ4n) is 2.11. The Bertz CT molecular complexity index is 656. The molecule has 8 heteroatoms. The maximum Gasteiger partial charge on any atom is 0.243 e. The molecule has 2 atom stereocenters. The number of sulfonamides is 1. The van der Waals surface area contributed by atoms with Crippen LogP contribution in [0.4, 0.5) is 0 Å². The number of rotatable bonds is 3. The van der Waals surface area contributed by atoms with E-state index in [4.69, 9.17) is 16.9 Å². The van der Waals surface area contributed by atoms with E-state index in [0.717, 1.165) is 4.31 Å². The third-order valence-electron chi connectivity index (χ3n) is 3.36. The van der Waals surface area contributed by atoms with Crippen molar-refractivity contribution in [2.24, 2.45) is 0 Å². The number of nitrogens with zero attached hydrogens (tertiary/aromatic N) is 2. The Kier molecular flexibility index (Phi) is 4.32. The number of hydrogen-bond donors (Lipinski definition) is 2. The molecule has 108 valence electrons. The number of hydrogen-bond acceptors (Lipinski definition) is 5. The third-order valence-corrected chi connectivity index (χ3v) is 5.55. The first-order chi connectivity index (χ1) is 9.37. The van der Waals surface area contributed by atoms with Crippen molar-refractivity contribution in [3.05, 3.63) is 28.8 Å². The van der Waals surface area contributed by atoms with Gasteiger partial charge in [-0.15, -0.1) is 0 Å². The smallest absolute Gasteiger partial charge is 0.243 e. The molecule has 2 N–H and O–H groups in total. The normalized spacial score (nSPS) is 22.9. The van der Waals surface area contributed by atoms with Crippen LogP contribution in [0.5, 0.6) is 0 Å². The number of aliphatic hydroxyl groups is 1. The summed E-state index contributed by atoms with van der Waals surface area (Å²) in [4.78, 5) is 0.00287. The standard InChI is InChI=1S/C12H14ClN3O3S/c1-16(11-6-15-7-12(11)17)20(18,19)9-3-2-8(5-14)10(13)4-9/h2-4,11-12,15,17H,6-7H2,1H3/t11-,12-/m1/s1. The summed E-state index contributed by atoms with van der Waals surface area (Å²) in [6.07, 6.45) is -0.747. The first-order valence-electron chi connectivity index (χ1n) is 5.94. The zero-order valence-corrected chi connectivity index (χ0v) is 12.3. The number of aliphatic hydroxyl groups excluding tert-OH is 1. The van der Waals surface area contributed by atoms with E-state index in [1.54, 1.807) is 0 Å². The lowest BCUT2D eigenvalue weighted by atomic mass is 10.2. The molecule has 1 fully saturated rings. The molecule has 0 radical (unpaired) electrons. The first-order valence-corrected chi connectivity index (χ1v) is 7.76. The molecule has 1 saturated heterocycles. The van der Waals surface area contributed by atoms with Gasteiger partial charge in [0, 0.05) is 20.1 Å². The summed E-state index contributed by atoms with van der Waals surface area (Å²) in [6.45, 7) is 0.750. The van der Waals surface area contributed by atoms with Crippen LogP contribution in [0, 0.1) is 11.3 Å². The lowest BCUT2D eigenvalue weighted by Crippen LogP contribution is -2.44. The summed E-state index contributed by atoms with van der Waals surface area (Å²) in [5.41, 5.74) is 0.218. The van der Waals surface area contributed by atoms with Crippen LogP contribution in [0.15, 0.2) is 23.1 Å². The van der Waals surface area contributed by atoms with E-state index in [1.165, 1.54) is 25.2 Å². The van der Waals surface area contributed by atoms with E-state index < -0.39 is 22.2 Å². The van der Waals surface area contributed by atoms with Gasteiger partial charge in [-0.05, 0) is 18.2 Å². The fourth-order valence-corrected chi connectivity index (χ4v) is 3.81. The number of β-amino-alcohol motifs (C(OH)–C–C–N with tert-alkyl or cyclic N) is 1. The number of nitrogens with one attached hydrogen (secondary N) is 1. The Balaban J connectivity index is 2.35. The van der Waals surface area contributed by atoms with Crippen LogP contribution in [0.25, 0.3) is 0 Å². The number of halogens is 1. The van der Waals surface area contributed by atoms with Crippen molar-refractivity contribution in [1.29, 1.82) is 5.26 Å². The molecule has 2 rings (SSSR count). The molecule has 0 amide bonds. The highest BCUT2D eigenvalue weighted by Crippen LogP contribution is 2.24. The summed E-state index contributed by atoms with van der Waals surface area (Å²) in [7, 11) is -2.34. The van der Waals surface area contributed by atoms with Gasteiger partial charge in [0.1, 0.15) is 6.07 Å². The van der Waals surface area contributed by atoms with Crippen molar-refractivity contribution < 1.29 is 13.5 Å². The number of likely N-dealkylation sites (N-methyl/N-ethyl adjacent to an activating group) is 1. The lowest BCUT2D eigenvalue weighted by molar-refractivity contribution is 0.136. The molecular weight excluding hydrogens is 302 g/mol. The highest BCUT2D eigenvalue weighted by Gasteiger charge is 2.35. The molecule has 1 aromatic rings. The van der Waals surface area contributed by atoms with Gasteiger partial charge in [0.05, 0.1) is 27.6 Å². The van der Waals surface area contributed by atoms with Gasteiger partial charge in [-0.25, -0.2) is 8.42 Å². The van der Waals surface area contributed by atoms with Gasteiger partial charge in [0.15, 0.2) is 0 Å². The Labute approximate surface area is 122 Å². The minimum atomic E-state index is -3.76. The first kappa shape index (κ1) is 15.2. The molecule has 0 aliphatic carbocycles. The second kappa shape index (κ2) is 5.68. The molecule has 0 aromatic heterocycles. The average molecular weight is 316 g/mol. The molecule has 0 spiro atoms. The highest BCUT2D eigenvalue weighted by molar-refractivity contribution is 7.89. The van der Waals surface area contributed by atoms with Crippen LogP contribution in [0.2, 0.25) is 5.02 Å². The Hall–Kier alpha value is -1.17. The van der Waals surface area contributed by atoms with E-state index >= 15 is 0 Å². The summed E-state index contributed by atoms with van der Waals surface area (Å²) in [6, 6.07) is 5.31. The second-order valence-corrected chi connectivity index (χ2v) is 6.97. The second-order valence-electron chi connectivity index (χ2n) is 4.57. The van der Waals surface area contributed by atoms with Crippen LogP contribution >= 0.6 is 11.6 Å². The van der Waals surface area contributed by atoms with Crippen LogP contribution in [-0.2, 0) is 10.0 Å². The quantitative estimate of drug-likeness (QED) is 0.829. The molecule has 20 heavy (non-hydrogen) atoms. The van der Waals surface area contributed by atoms with Crippen molar-refractivity contribution in [3.8, 4) is 6.07 Å². The lowest BCUT2D eigenvalue weighted by Gasteiger charge is -2.25. The van der Waals surface area contributed by atoms with Gasteiger partial charge in [-0.1, -0.05) is 11.6 Å². The van der Waals surface area contributed by atoms with E-state index in [9.17, 15) is 13.5 Å². The summed E-state index contributed by atoms with van der Waals surface area (Å²) in [5, 5.41) is 21.6. The molecule has 1 aliphatic heterocycles. The monoisotopic (exact) mass is 315 g/mol. The van der Waals surface area contributed by atoms with Gasteiger partial charge in [-0.2, -0.15) is 9.57 Å². The molecule has 0 bridgehead atoms. The van der Waals surface area contributed by atoms with Crippen molar-refractivity contribution in [3.63, 3.8) is 0 Å². The SMILES string of the molecule is CN([C@@H]1CNC[C@H]1O)S(=O)(=O)c1ccc(C#N)c(Cl)c1. The van der Waals surface area contributed by atoms with E-state index in [2.05, 4.69) is 5.32 Å². The van der Waals surface area contributed by atoms with Crippen LogP contribution in [0.1, 0.15) is 5.56 Å². The van der Waals surface area contributed by atoms with Gasteiger partial charge in [0.25, 0.3) is 0 Å². The van der Waals surface area contributed by atoms with Crippen molar-refractivity contribution in [2.45, 2.75) is 17.0 Å². The zero-order valence-electron chi connectivity index (χ0n) is 10.7. The predicted octanol–water partition coefficient (Wildman–Crippen LogP) is 0.165. The zero-order chi connectivity index (χ0) is 14.9. The molecule has 1 aromatic carbocycles. The summed E-state index contributed by atoms with van der Waals surface area (Å²) >= 11 is 5.86. The van der Waals surface area contributed by atoms with Gasteiger partial charge in [-0.3, -0.25) is 0 Å². The van der Waals surface area contributed by atoms with Gasteiger partial charge >= 0.3 is 0 Å². The van der Waals surface area contributed by atoms with E-state index in [-0.39, 0.29) is 15.5 Å². The highest BCUT2D eigenvalue weighted by atomic mass is 35.5.